The molecule has 0 bridgehead atoms. The van der Waals surface area contributed by atoms with Crippen LogP contribution in [-0.4, -0.2) is 44.3 Å². The lowest BCUT2D eigenvalue weighted by molar-refractivity contribution is 0.610. The summed E-state index contributed by atoms with van der Waals surface area (Å²) < 4.78 is 15.6. The number of H-pyrrole nitrogens is 1. The van der Waals surface area contributed by atoms with Crippen molar-refractivity contribution in [1.82, 2.24) is 29.9 Å². The number of imidazole rings is 1. The summed E-state index contributed by atoms with van der Waals surface area (Å²) in [5, 5.41) is 26.1. The molecule has 6 rings (SSSR count). The zero-order chi connectivity index (χ0) is 27.0. The predicted octanol–water partition coefficient (Wildman–Crippen LogP) is 4.68. The quantitative estimate of drug-likeness (QED) is 0.233. The van der Waals surface area contributed by atoms with E-state index in [1.54, 1.807) is 35.3 Å². The first-order valence-electron chi connectivity index (χ1n) is 12.4. The van der Waals surface area contributed by atoms with Crippen molar-refractivity contribution < 1.29 is 4.39 Å². The standard InChI is InChI=1S/C27H22BClFN9/c28-27(17-1-3-18(30)4-2-17,23-15-39(38-37-23)20-5-6-20)36-19-11-21-25(34-8-7-24-32-9-10-33-24)16(13-31)14-35-26(21)22(29)12-19/h1-4,9-12,14-15,20,36H,5-8H2,(H,32,33)(H,34,35). The maximum absolute atomic E-state index is 13.8. The van der Waals surface area contributed by atoms with Crippen LogP contribution < -0.4 is 10.6 Å². The molecule has 0 spiro atoms. The number of hydrogen-bond donors (Lipinski definition) is 3. The molecule has 0 saturated heterocycles. The molecular formula is C27H22BClFN9. The van der Waals surface area contributed by atoms with Crippen LogP contribution in [0.25, 0.3) is 10.9 Å². The van der Waals surface area contributed by atoms with Gasteiger partial charge in [-0.25, -0.2) is 14.1 Å². The van der Waals surface area contributed by atoms with Crippen molar-refractivity contribution >= 4 is 41.7 Å². The van der Waals surface area contributed by atoms with E-state index in [4.69, 9.17) is 19.4 Å². The van der Waals surface area contributed by atoms with Gasteiger partial charge in [0, 0.05) is 42.6 Å². The summed E-state index contributed by atoms with van der Waals surface area (Å²) in [6.45, 7) is 0.525. The van der Waals surface area contributed by atoms with E-state index in [9.17, 15) is 9.65 Å². The Balaban J connectivity index is 1.40. The fourth-order valence-electron chi connectivity index (χ4n) is 4.55. The van der Waals surface area contributed by atoms with Crippen molar-refractivity contribution in [2.24, 2.45) is 0 Å². The van der Waals surface area contributed by atoms with E-state index < -0.39 is 5.44 Å². The van der Waals surface area contributed by atoms with Crippen LogP contribution in [0, 0.1) is 17.1 Å². The van der Waals surface area contributed by atoms with Gasteiger partial charge in [-0.2, -0.15) is 5.26 Å². The number of rotatable bonds is 9. The Hall–Kier alpha value is -4.43. The van der Waals surface area contributed by atoms with Crippen LogP contribution in [0.5, 0.6) is 0 Å². The van der Waals surface area contributed by atoms with Gasteiger partial charge in [-0.05, 0) is 42.7 Å². The van der Waals surface area contributed by atoms with Gasteiger partial charge >= 0.3 is 0 Å². The van der Waals surface area contributed by atoms with Gasteiger partial charge in [-0.3, -0.25) is 4.98 Å². The zero-order valence-corrected chi connectivity index (χ0v) is 21.5. The van der Waals surface area contributed by atoms with E-state index in [1.165, 1.54) is 18.3 Å². The van der Waals surface area contributed by atoms with Gasteiger partial charge in [0.25, 0.3) is 0 Å². The molecule has 3 N–H and O–H groups in total. The zero-order valence-electron chi connectivity index (χ0n) is 20.7. The maximum Gasteiger partial charge on any atom is 0.123 e. The summed E-state index contributed by atoms with van der Waals surface area (Å²) in [4.78, 5) is 11.7. The minimum Gasteiger partial charge on any atom is -0.383 e. The molecule has 1 aliphatic rings. The summed E-state index contributed by atoms with van der Waals surface area (Å²) in [5.74, 6) is 0.447. The van der Waals surface area contributed by atoms with Gasteiger partial charge in [0.2, 0.25) is 0 Å². The van der Waals surface area contributed by atoms with Crippen LogP contribution in [0.4, 0.5) is 15.8 Å². The predicted molar refractivity (Wildman–Crippen MR) is 147 cm³/mol. The third kappa shape index (κ3) is 4.91. The van der Waals surface area contributed by atoms with Crippen molar-refractivity contribution in [3.8, 4) is 6.07 Å². The highest BCUT2D eigenvalue weighted by Crippen LogP contribution is 2.38. The molecule has 3 heterocycles. The van der Waals surface area contributed by atoms with Gasteiger partial charge in [0.1, 0.15) is 31.3 Å². The monoisotopic (exact) mass is 537 g/mol. The van der Waals surface area contributed by atoms with E-state index in [1.807, 2.05) is 12.3 Å². The highest BCUT2D eigenvalue weighted by molar-refractivity contribution is 6.36. The SMILES string of the molecule is [B]C(Nc1cc(Cl)c2ncc(C#N)c(NCCc3ncc[nH]3)c2c1)(c1ccc(F)cc1)c1cn(C2CC2)nn1. The number of nitrogens with one attached hydrogen (secondary N) is 3. The first-order valence-corrected chi connectivity index (χ1v) is 12.8. The molecule has 1 aliphatic carbocycles. The van der Waals surface area contributed by atoms with Crippen LogP contribution in [-0.2, 0) is 11.9 Å². The number of pyridine rings is 1. The summed E-state index contributed by atoms with van der Waals surface area (Å²) in [5.41, 5.74) is 1.77. The largest absolute Gasteiger partial charge is 0.383 e. The van der Waals surface area contributed by atoms with Crippen LogP contribution in [0.1, 0.15) is 41.5 Å². The Labute approximate surface area is 229 Å². The molecule has 39 heavy (non-hydrogen) atoms. The van der Waals surface area contributed by atoms with Crippen molar-refractivity contribution in [1.29, 1.82) is 5.26 Å². The maximum atomic E-state index is 13.8. The summed E-state index contributed by atoms with van der Waals surface area (Å²) in [7, 11) is 6.99. The number of aromatic amines is 1. The Morgan fingerprint density at radius 2 is 2.05 bits per heavy atom. The Bertz CT molecular complexity index is 1680. The first kappa shape index (κ1) is 24.9. The molecule has 2 aromatic carbocycles. The third-order valence-electron chi connectivity index (χ3n) is 6.74. The second-order valence-electron chi connectivity index (χ2n) is 9.48. The van der Waals surface area contributed by atoms with Gasteiger partial charge in [-0.15, -0.1) is 5.10 Å². The summed E-state index contributed by atoms with van der Waals surface area (Å²) in [6, 6.07) is 12.0. The molecule has 2 radical (unpaired) electrons. The van der Waals surface area contributed by atoms with Gasteiger partial charge < -0.3 is 15.6 Å². The normalized spacial score (nSPS) is 14.6. The second-order valence-corrected chi connectivity index (χ2v) is 9.89. The summed E-state index contributed by atoms with van der Waals surface area (Å²) in [6.07, 6.45) is 9.47. The van der Waals surface area contributed by atoms with E-state index in [-0.39, 0.29) is 5.82 Å². The number of aromatic nitrogens is 6. The molecule has 3 aromatic heterocycles. The van der Waals surface area contributed by atoms with Crippen LogP contribution >= 0.6 is 11.6 Å². The fraction of sp³-hybridized carbons (Fsp3) is 0.222. The van der Waals surface area contributed by atoms with E-state index in [0.29, 0.717) is 63.1 Å². The molecule has 0 amide bonds. The molecule has 1 atom stereocenters. The Morgan fingerprint density at radius 1 is 1.23 bits per heavy atom. The van der Waals surface area contributed by atoms with Crippen molar-refractivity contribution in [2.75, 3.05) is 17.2 Å². The second kappa shape index (κ2) is 10.0. The molecule has 5 aromatic rings. The van der Waals surface area contributed by atoms with Crippen LogP contribution in [0.15, 0.2) is 61.2 Å². The number of nitriles is 1. The number of anilines is 2. The minimum absolute atomic E-state index is 0.309. The van der Waals surface area contributed by atoms with E-state index >= 15 is 0 Å². The average molecular weight is 538 g/mol. The molecule has 1 fully saturated rings. The number of hydrogen-bond acceptors (Lipinski definition) is 7. The smallest absolute Gasteiger partial charge is 0.123 e. The number of benzene rings is 2. The van der Waals surface area contributed by atoms with Crippen molar-refractivity contribution in [2.45, 2.75) is 30.7 Å². The van der Waals surface area contributed by atoms with Gasteiger partial charge in [0.05, 0.1) is 39.5 Å². The van der Waals surface area contributed by atoms with E-state index in [2.05, 4.69) is 42.0 Å². The minimum atomic E-state index is -1.36. The summed E-state index contributed by atoms with van der Waals surface area (Å²) >= 11 is 6.69. The van der Waals surface area contributed by atoms with Crippen molar-refractivity contribution in [3.05, 3.63) is 94.7 Å². The van der Waals surface area contributed by atoms with Gasteiger partial charge in [-0.1, -0.05) is 28.9 Å². The lowest BCUT2D eigenvalue weighted by atomic mass is 9.69. The lowest BCUT2D eigenvalue weighted by Gasteiger charge is -2.32. The highest BCUT2D eigenvalue weighted by Gasteiger charge is 2.34. The molecule has 192 valence electrons. The number of nitrogens with zero attached hydrogens (tertiary/aromatic N) is 6. The molecule has 1 unspecified atom stereocenters. The Kier molecular flexibility index (Phi) is 6.41. The van der Waals surface area contributed by atoms with Crippen LogP contribution in [0.3, 0.4) is 0 Å². The molecule has 9 nitrogen and oxygen atoms in total. The van der Waals surface area contributed by atoms with E-state index in [0.717, 1.165) is 18.7 Å². The molecular weight excluding hydrogens is 516 g/mol. The third-order valence-corrected chi connectivity index (χ3v) is 7.03. The fourth-order valence-corrected chi connectivity index (χ4v) is 4.82. The van der Waals surface area contributed by atoms with Gasteiger partial charge in [0.15, 0.2) is 0 Å². The topological polar surface area (TPSA) is 120 Å². The highest BCUT2D eigenvalue weighted by atomic mass is 35.5. The first-order chi connectivity index (χ1) is 18.9. The lowest BCUT2D eigenvalue weighted by Crippen LogP contribution is -2.37. The van der Waals surface area contributed by atoms with Crippen LogP contribution in [0.2, 0.25) is 5.02 Å². The molecule has 12 heteroatoms. The van der Waals surface area contributed by atoms with Crippen molar-refractivity contribution in [3.63, 3.8) is 0 Å². The molecule has 0 aliphatic heterocycles. The Morgan fingerprint density at radius 3 is 2.77 bits per heavy atom. The number of halogens is 2. The number of fused-ring (bicyclic) bond motifs is 1. The average Bonchev–Trinajstić information content (AvgIpc) is 3.41. The molecule has 1 saturated carbocycles.